The van der Waals surface area contributed by atoms with Crippen LogP contribution in [0.4, 0.5) is 0 Å². The highest BCUT2D eigenvalue weighted by molar-refractivity contribution is 7.98. The van der Waals surface area contributed by atoms with E-state index < -0.39 is 0 Å². The van der Waals surface area contributed by atoms with Gasteiger partial charge in [0.2, 0.25) is 5.91 Å². The fraction of sp³-hybridized carbons (Fsp3) is 0.261. The Morgan fingerprint density at radius 1 is 1.17 bits per heavy atom. The van der Waals surface area contributed by atoms with Gasteiger partial charge in [-0.3, -0.25) is 9.59 Å². The molecule has 0 aliphatic rings. The van der Waals surface area contributed by atoms with Gasteiger partial charge in [-0.1, -0.05) is 47.7 Å². The van der Waals surface area contributed by atoms with Crippen molar-refractivity contribution < 1.29 is 9.53 Å². The number of aromatic nitrogens is 2. The van der Waals surface area contributed by atoms with Crippen LogP contribution < -0.4 is 15.6 Å². The Morgan fingerprint density at radius 3 is 2.80 bits per heavy atom. The molecule has 0 bridgehead atoms. The van der Waals surface area contributed by atoms with Crippen molar-refractivity contribution in [3.63, 3.8) is 0 Å². The van der Waals surface area contributed by atoms with Crippen molar-refractivity contribution in [2.75, 3.05) is 7.11 Å². The molecule has 0 spiro atoms. The minimum absolute atomic E-state index is 0.0465. The highest BCUT2D eigenvalue weighted by Gasteiger charge is 2.09. The lowest BCUT2D eigenvalue weighted by Gasteiger charge is -2.08. The van der Waals surface area contributed by atoms with Gasteiger partial charge in [0, 0.05) is 18.4 Å². The second-order valence-electron chi connectivity index (χ2n) is 7.07. The molecule has 0 aliphatic carbocycles. The number of rotatable bonds is 8. The quantitative estimate of drug-likeness (QED) is 0.428. The molecule has 0 saturated heterocycles. The van der Waals surface area contributed by atoms with Gasteiger partial charge in [-0.2, -0.15) is 0 Å². The zero-order valence-electron chi connectivity index (χ0n) is 17.3. The number of amides is 1. The summed E-state index contributed by atoms with van der Waals surface area (Å²) >= 11 is 1.45. The van der Waals surface area contributed by atoms with Crippen LogP contribution in [0.25, 0.3) is 0 Å². The maximum atomic E-state index is 12.3. The number of benzene rings is 2. The van der Waals surface area contributed by atoms with E-state index in [-0.39, 0.29) is 17.9 Å². The van der Waals surface area contributed by atoms with Gasteiger partial charge < -0.3 is 15.0 Å². The van der Waals surface area contributed by atoms with Gasteiger partial charge in [-0.15, -0.1) is 0 Å². The summed E-state index contributed by atoms with van der Waals surface area (Å²) in [6, 6.07) is 15.2. The van der Waals surface area contributed by atoms with Crippen LogP contribution >= 0.6 is 11.8 Å². The normalized spacial score (nSPS) is 10.6. The third-order valence-corrected chi connectivity index (χ3v) is 5.53. The Morgan fingerprint density at radius 2 is 2.00 bits per heavy atom. The first-order chi connectivity index (χ1) is 14.4. The van der Waals surface area contributed by atoms with E-state index >= 15 is 0 Å². The van der Waals surface area contributed by atoms with E-state index in [0.717, 1.165) is 11.3 Å². The number of H-pyrrole nitrogens is 1. The number of aromatic amines is 1. The third kappa shape index (κ3) is 6.22. The molecule has 0 unspecified atom stereocenters. The zero-order chi connectivity index (χ0) is 21.5. The Bertz CT molecular complexity index is 1100. The molecular weight excluding hydrogens is 398 g/mol. The minimum atomic E-state index is -0.260. The van der Waals surface area contributed by atoms with Gasteiger partial charge in [0.25, 0.3) is 5.56 Å². The highest BCUT2D eigenvalue weighted by Crippen LogP contribution is 2.22. The standard InChI is InChI=1S/C23H25N3O3S/c1-15-7-8-16(2)18(9-15)14-30-23-25-19(12-22(28)26-23)11-21(27)24-13-17-5-4-6-20(10-17)29-3/h4-10,12H,11,13-14H2,1-3H3,(H,24,27)(H,25,26,28). The number of nitrogens with one attached hydrogen (secondary N) is 2. The highest BCUT2D eigenvalue weighted by atomic mass is 32.2. The van der Waals surface area contributed by atoms with E-state index in [4.69, 9.17) is 4.74 Å². The van der Waals surface area contributed by atoms with Gasteiger partial charge in [0.1, 0.15) is 5.75 Å². The van der Waals surface area contributed by atoms with Crippen LogP contribution in [0.3, 0.4) is 0 Å². The molecule has 0 aliphatic heterocycles. The van der Waals surface area contributed by atoms with Crippen molar-refractivity contribution in [1.29, 1.82) is 0 Å². The van der Waals surface area contributed by atoms with Crippen LogP contribution in [0.2, 0.25) is 0 Å². The van der Waals surface area contributed by atoms with Crippen LogP contribution in [-0.4, -0.2) is 23.0 Å². The number of hydrogen-bond donors (Lipinski definition) is 2. The molecule has 156 valence electrons. The lowest BCUT2D eigenvalue weighted by atomic mass is 10.1. The molecule has 1 amide bonds. The average Bonchev–Trinajstić information content (AvgIpc) is 2.72. The van der Waals surface area contributed by atoms with Crippen molar-refractivity contribution in [3.8, 4) is 5.75 Å². The van der Waals surface area contributed by atoms with E-state index in [1.165, 1.54) is 34.5 Å². The molecule has 0 saturated carbocycles. The van der Waals surface area contributed by atoms with Gasteiger partial charge in [0.15, 0.2) is 5.16 Å². The summed E-state index contributed by atoms with van der Waals surface area (Å²) in [5, 5.41) is 3.37. The average molecular weight is 424 g/mol. The van der Waals surface area contributed by atoms with E-state index in [1.807, 2.05) is 24.3 Å². The molecule has 3 rings (SSSR count). The second kappa shape index (κ2) is 10.1. The van der Waals surface area contributed by atoms with Gasteiger partial charge in [-0.25, -0.2) is 4.98 Å². The van der Waals surface area contributed by atoms with Crippen molar-refractivity contribution >= 4 is 17.7 Å². The first kappa shape index (κ1) is 21.6. The first-order valence-corrected chi connectivity index (χ1v) is 10.6. The van der Waals surface area contributed by atoms with Crippen molar-refractivity contribution in [3.05, 3.63) is 86.8 Å². The molecule has 1 heterocycles. The van der Waals surface area contributed by atoms with E-state index in [2.05, 4.69) is 47.3 Å². The summed E-state index contributed by atoms with van der Waals surface area (Å²) in [7, 11) is 1.60. The van der Waals surface area contributed by atoms with Crippen molar-refractivity contribution in [2.24, 2.45) is 0 Å². The maximum absolute atomic E-state index is 12.3. The van der Waals surface area contributed by atoms with Crippen molar-refractivity contribution in [2.45, 2.75) is 37.7 Å². The predicted octanol–water partition coefficient (Wildman–Crippen LogP) is 3.55. The lowest BCUT2D eigenvalue weighted by Crippen LogP contribution is -2.25. The van der Waals surface area contributed by atoms with E-state index in [1.54, 1.807) is 7.11 Å². The summed E-state index contributed by atoms with van der Waals surface area (Å²) in [6.45, 7) is 4.50. The molecule has 0 radical (unpaired) electrons. The van der Waals surface area contributed by atoms with Crippen LogP contribution in [0.1, 0.15) is 27.9 Å². The Balaban J connectivity index is 1.60. The van der Waals surface area contributed by atoms with Gasteiger partial charge >= 0.3 is 0 Å². The molecule has 0 atom stereocenters. The Kier molecular flexibility index (Phi) is 7.30. The first-order valence-electron chi connectivity index (χ1n) is 9.62. The van der Waals surface area contributed by atoms with Crippen molar-refractivity contribution in [1.82, 2.24) is 15.3 Å². The summed E-state index contributed by atoms with van der Waals surface area (Å²) in [4.78, 5) is 31.5. The topological polar surface area (TPSA) is 84.1 Å². The number of nitrogens with zero attached hydrogens (tertiary/aromatic N) is 1. The maximum Gasteiger partial charge on any atom is 0.251 e. The SMILES string of the molecule is COc1cccc(CNC(=O)Cc2cc(=O)[nH]c(SCc3cc(C)ccc3C)n2)c1. The van der Waals surface area contributed by atoms with Crippen LogP contribution in [-0.2, 0) is 23.5 Å². The van der Waals surface area contributed by atoms with Crippen LogP contribution in [0, 0.1) is 13.8 Å². The minimum Gasteiger partial charge on any atom is -0.497 e. The molecular formula is C23H25N3O3S. The fourth-order valence-electron chi connectivity index (χ4n) is 2.95. The summed E-state index contributed by atoms with van der Waals surface area (Å²) in [6.07, 6.45) is 0.0465. The molecule has 7 heteroatoms. The summed E-state index contributed by atoms with van der Waals surface area (Å²) in [5.41, 5.74) is 4.72. The number of carbonyl (C=O) groups excluding carboxylic acids is 1. The molecule has 6 nitrogen and oxygen atoms in total. The number of hydrogen-bond acceptors (Lipinski definition) is 5. The summed E-state index contributed by atoms with van der Waals surface area (Å²) in [5.74, 6) is 1.24. The van der Waals surface area contributed by atoms with Crippen LogP contribution in [0.5, 0.6) is 5.75 Å². The van der Waals surface area contributed by atoms with Gasteiger partial charge in [0.05, 0.1) is 19.2 Å². The van der Waals surface area contributed by atoms with Crippen LogP contribution in [0.15, 0.2) is 58.5 Å². The predicted molar refractivity (Wildman–Crippen MR) is 119 cm³/mol. The largest absolute Gasteiger partial charge is 0.497 e. The number of aryl methyl sites for hydroxylation is 2. The lowest BCUT2D eigenvalue weighted by molar-refractivity contribution is -0.120. The molecule has 30 heavy (non-hydrogen) atoms. The number of ether oxygens (including phenoxy) is 1. The monoisotopic (exact) mass is 423 g/mol. The number of thioether (sulfide) groups is 1. The Labute approximate surface area is 180 Å². The number of methoxy groups -OCH3 is 1. The molecule has 2 aromatic carbocycles. The van der Waals surface area contributed by atoms with E-state index in [9.17, 15) is 9.59 Å². The van der Waals surface area contributed by atoms with Gasteiger partial charge in [-0.05, 0) is 42.7 Å². The molecule has 1 aromatic heterocycles. The summed E-state index contributed by atoms with van der Waals surface area (Å²) < 4.78 is 5.19. The molecule has 0 fully saturated rings. The smallest absolute Gasteiger partial charge is 0.251 e. The van der Waals surface area contributed by atoms with E-state index in [0.29, 0.717) is 23.1 Å². The number of carbonyl (C=O) groups is 1. The zero-order valence-corrected chi connectivity index (χ0v) is 18.1. The second-order valence-corrected chi connectivity index (χ2v) is 8.03. The fourth-order valence-corrected chi connectivity index (χ4v) is 3.91. The molecule has 3 aromatic rings. The molecule has 2 N–H and O–H groups in total. The Hall–Kier alpha value is -3.06. The third-order valence-electron chi connectivity index (χ3n) is 4.61.